The minimum Gasteiger partial charge on any atom is -0.340 e. The third kappa shape index (κ3) is 2.32. The van der Waals surface area contributed by atoms with Gasteiger partial charge in [0.2, 0.25) is 5.95 Å². The summed E-state index contributed by atoms with van der Waals surface area (Å²) in [7, 11) is 0. The van der Waals surface area contributed by atoms with Crippen molar-refractivity contribution in [3.05, 3.63) is 48.5 Å². The van der Waals surface area contributed by atoms with Gasteiger partial charge in [-0.2, -0.15) is 0 Å². The highest BCUT2D eigenvalue weighted by Crippen LogP contribution is 2.26. The lowest BCUT2D eigenvalue weighted by Crippen LogP contribution is -2.35. The van der Waals surface area contributed by atoms with Crippen LogP contribution in [-0.2, 0) is 0 Å². The maximum absolute atomic E-state index is 4.46. The molecule has 0 bridgehead atoms. The Morgan fingerprint density at radius 2 is 1.83 bits per heavy atom. The number of piperidine rings is 1. The maximum Gasteiger partial charge on any atom is 0.225 e. The molecule has 1 aliphatic heterocycles. The van der Waals surface area contributed by atoms with E-state index < -0.39 is 0 Å². The number of rotatable bonds is 2. The van der Waals surface area contributed by atoms with Crippen LogP contribution in [0.15, 0.2) is 42.9 Å². The molecule has 1 aliphatic rings. The van der Waals surface area contributed by atoms with Crippen molar-refractivity contribution in [3.63, 3.8) is 0 Å². The Morgan fingerprint density at radius 3 is 2.61 bits per heavy atom. The third-order valence-electron chi connectivity index (χ3n) is 3.36. The molecule has 4 heteroatoms. The van der Waals surface area contributed by atoms with Crippen molar-refractivity contribution in [2.45, 2.75) is 18.8 Å². The van der Waals surface area contributed by atoms with E-state index in [1.807, 2.05) is 18.3 Å². The second-order valence-corrected chi connectivity index (χ2v) is 4.59. The zero-order valence-corrected chi connectivity index (χ0v) is 10.2. The molecule has 0 spiro atoms. The van der Waals surface area contributed by atoms with E-state index in [2.05, 4.69) is 32.0 Å². The minimum absolute atomic E-state index is 0.490. The Labute approximate surface area is 107 Å². The first-order valence-corrected chi connectivity index (χ1v) is 6.36. The Morgan fingerprint density at radius 1 is 1.00 bits per heavy atom. The van der Waals surface area contributed by atoms with Crippen LogP contribution in [0.2, 0.25) is 0 Å². The fraction of sp³-hybridized carbons (Fsp3) is 0.357. The first-order chi connectivity index (χ1) is 8.93. The molecule has 92 valence electrons. The van der Waals surface area contributed by atoms with Gasteiger partial charge in [0.1, 0.15) is 0 Å². The zero-order valence-electron chi connectivity index (χ0n) is 10.2. The average Bonchev–Trinajstić information content (AvgIpc) is 2.49. The number of aromatic nitrogens is 3. The van der Waals surface area contributed by atoms with Crippen molar-refractivity contribution in [1.82, 2.24) is 15.0 Å². The molecule has 2 aromatic heterocycles. The van der Waals surface area contributed by atoms with Gasteiger partial charge in [0.15, 0.2) is 0 Å². The fourth-order valence-corrected chi connectivity index (χ4v) is 2.47. The van der Waals surface area contributed by atoms with E-state index in [1.165, 1.54) is 18.5 Å². The third-order valence-corrected chi connectivity index (χ3v) is 3.36. The zero-order chi connectivity index (χ0) is 12.2. The molecule has 3 rings (SSSR count). The lowest BCUT2D eigenvalue weighted by molar-refractivity contribution is 0.495. The van der Waals surface area contributed by atoms with E-state index >= 15 is 0 Å². The summed E-state index contributed by atoms with van der Waals surface area (Å²) in [5.74, 6) is 1.32. The summed E-state index contributed by atoms with van der Waals surface area (Å²) in [4.78, 5) is 15.4. The number of hydrogen-bond donors (Lipinski definition) is 0. The van der Waals surface area contributed by atoms with Gasteiger partial charge < -0.3 is 4.90 Å². The van der Waals surface area contributed by atoms with Crippen LogP contribution in [0.3, 0.4) is 0 Å². The van der Waals surface area contributed by atoms with E-state index in [0.29, 0.717) is 5.92 Å². The van der Waals surface area contributed by atoms with Crippen molar-refractivity contribution in [1.29, 1.82) is 0 Å². The van der Waals surface area contributed by atoms with E-state index in [9.17, 15) is 0 Å². The Balaban J connectivity index is 1.77. The topological polar surface area (TPSA) is 41.9 Å². The lowest BCUT2D eigenvalue weighted by atomic mass is 9.94. The largest absolute Gasteiger partial charge is 0.340 e. The van der Waals surface area contributed by atoms with E-state index in [4.69, 9.17) is 0 Å². The van der Waals surface area contributed by atoms with Crippen LogP contribution in [0.5, 0.6) is 0 Å². The van der Waals surface area contributed by atoms with Crippen LogP contribution in [0, 0.1) is 0 Å². The van der Waals surface area contributed by atoms with Crippen molar-refractivity contribution in [2.75, 3.05) is 18.0 Å². The second-order valence-electron chi connectivity index (χ2n) is 4.59. The highest BCUT2D eigenvalue weighted by atomic mass is 15.2. The predicted octanol–water partition coefficient (Wildman–Crippen LogP) is 2.26. The summed E-state index contributed by atoms with van der Waals surface area (Å²) in [5.41, 5.74) is 1.18. The number of nitrogens with zero attached hydrogens (tertiary/aromatic N) is 4. The standard InChI is InChI=1S/C14H16N4/c1-2-7-15-13(6-1)12-5-3-10-18(11-12)14-16-8-4-9-17-14/h1-2,4,6-9,12H,3,5,10-11H2/t12-/m0/s1. The molecular formula is C14H16N4. The second kappa shape index (κ2) is 5.12. The van der Waals surface area contributed by atoms with Crippen molar-refractivity contribution in [3.8, 4) is 0 Å². The monoisotopic (exact) mass is 240 g/mol. The van der Waals surface area contributed by atoms with Gasteiger partial charge in [0.05, 0.1) is 0 Å². The molecule has 0 N–H and O–H groups in total. The van der Waals surface area contributed by atoms with Crippen LogP contribution in [0.25, 0.3) is 0 Å². The van der Waals surface area contributed by atoms with E-state index in [0.717, 1.165) is 19.0 Å². The summed E-state index contributed by atoms with van der Waals surface area (Å²) in [6.07, 6.45) is 7.83. The molecule has 0 radical (unpaired) electrons. The highest BCUT2D eigenvalue weighted by Gasteiger charge is 2.23. The number of hydrogen-bond acceptors (Lipinski definition) is 4. The fourth-order valence-electron chi connectivity index (χ4n) is 2.47. The summed E-state index contributed by atoms with van der Waals surface area (Å²) in [6, 6.07) is 7.98. The van der Waals surface area contributed by atoms with Gasteiger partial charge in [0.25, 0.3) is 0 Å². The van der Waals surface area contributed by atoms with E-state index in [1.54, 1.807) is 12.4 Å². The van der Waals surface area contributed by atoms with Gasteiger partial charge in [-0.15, -0.1) is 0 Å². The first-order valence-electron chi connectivity index (χ1n) is 6.36. The lowest BCUT2D eigenvalue weighted by Gasteiger charge is -2.32. The summed E-state index contributed by atoms with van der Waals surface area (Å²) < 4.78 is 0. The molecule has 1 fully saturated rings. The van der Waals surface area contributed by atoms with Crippen molar-refractivity contribution in [2.24, 2.45) is 0 Å². The van der Waals surface area contributed by atoms with Gasteiger partial charge in [-0.3, -0.25) is 4.98 Å². The van der Waals surface area contributed by atoms with Crippen LogP contribution in [-0.4, -0.2) is 28.0 Å². The SMILES string of the molecule is c1ccc([C@H]2CCCN(c3ncccn3)C2)nc1. The van der Waals surface area contributed by atoms with Crippen molar-refractivity contribution >= 4 is 5.95 Å². The van der Waals surface area contributed by atoms with Gasteiger partial charge in [-0.05, 0) is 31.0 Å². The molecule has 2 aromatic rings. The van der Waals surface area contributed by atoms with Crippen LogP contribution >= 0.6 is 0 Å². The normalized spacial score (nSPS) is 19.8. The Kier molecular flexibility index (Phi) is 3.17. The van der Waals surface area contributed by atoms with Crippen LogP contribution in [0.4, 0.5) is 5.95 Å². The average molecular weight is 240 g/mol. The van der Waals surface area contributed by atoms with Gasteiger partial charge in [0, 0.05) is 43.3 Å². The molecule has 4 nitrogen and oxygen atoms in total. The summed E-state index contributed by atoms with van der Waals surface area (Å²) in [5, 5.41) is 0. The number of anilines is 1. The maximum atomic E-state index is 4.46. The van der Waals surface area contributed by atoms with Crippen LogP contribution < -0.4 is 4.90 Å². The van der Waals surface area contributed by atoms with Gasteiger partial charge >= 0.3 is 0 Å². The Hall–Kier alpha value is -1.97. The quantitative estimate of drug-likeness (QED) is 0.807. The molecule has 0 unspecified atom stereocenters. The van der Waals surface area contributed by atoms with Gasteiger partial charge in [-0.25, -0.2) is 9.97 Å². The summed E-state index contributed by atoms with van der Waals surface area (Å²) in [6.45, 7) is 1.99. The van der Waals surface area contributed by atoms with Gasteiger partial charge in [-0.1, -0.05) is 6.07 Å². The Bertz CT molecular complexity index is 440. The molecule has 0 saturated carbocycles. The molecule has 1 saturated heterocycles. The molecule has 18 heavy (non-hydrogen) atoms. The molecule has 0 amide bonds. The minimum atomic E-state index is 0.490. The molecule has 0 aromatic carbocycles. The number of pyridine rings is 1. The van der Waals surface area contributed by atoms with Crippen molar-refractivity contribution < 1.29 is 0 Å². The molecular weight excluding hydrogens is 224 g/mol. The smallest absolute Gasteiger partial charge is 0.225 e. The summed E-state index contributed by atoms with van der Waals surface area (Å²) >= 11 is 0. The van der Waals surface area contributed by atoms with Crippen LogP contribution in [0.1, 0.15) is 24.5 Å². The highest BCUT2D eigenvalue weighted by molar-refractivity contribution is 5.31. The predicted molar refractivity (Wildman–Crippen MR) is 70.5 cm³/mol. The molecule has 3 heterocycles. The van der Waals surface area contributed by atoms with E-state index in [-0.39, 0.29) is 0 Å². The first kappa shape index (κ1) is 11.1. The molecule has 1 atom stereocenters. The molecule has 0 aliphatic carbocycles.